The second-order valence-corrected chi connectivity index (χ2v) is 4.29. The van der Waals surface area contributed by atoms with Gasteiger partial charge in [-0.15, -0.1) is 0 Å². The summed E-state index contributed by atoms with van der Waals surface area (Å²) < 4.78 is 4.62. The minimum absolute atomic E-state index is 0.227. The Morgan fingerprint density at radius 1 is 1.16 bits per heavy atom. The fourth-order valence-electron chi connectivity index (χ4n) is 1.94. The van der Waals surface area contributed by atoms with Gasteiger partial charge in [0, 0.05) is 12.0 Å². The summed E-state index contributed by atoms with van der Waals surface area (Å²) in [5, 5.41) is 9.92. The minimum atomic E-state index is -0.227. The van der Waals surface area contributed by atoms with Crippen molar-refractivity contribution >= 4 is 5.97 Å². The first-order valence-corrected chi connectivity index (χ1v) is 6.15. The maximum Gasteiger partial charge on any atom is 0.305 e. The van der Waals surface area contributed by atoms with Crippen molar-refractivity contribution in [2.75, 3.05) is 7.11 Å². The fourth-order valence-corrected chi connectivity index (χ4v) is 1.94. The number of rotatable bonds is 4. The molecule has 0 amide bonds. The lowest BCUT2D eigenvalue weighted by atomic mass is 10.00. The van der Waals surface area contributed by atoms with Crippen LogP contribution in [-0.4, -0.2) is 18.2 Å². The number of esters is 1. The molecular weight excluding hydrogens is 240 g/mol. The van der Waals surface area contributed by atoms with Crippen LogP contribution in [0.25, 0.3) is 11.1 Å². The van der Waals surface area contributed by atoms with Crippen LogP contribution < -0.4 is 0 Å². The van der Waals surface area contributed by atoms with E-state index in [1.807, 2.05) is 42.5 Å². The first-order chi connectivity index (χ1) is 9.20. The Balaban J connectivity index is 2.23. The largest absolute Gasteiger partial charge is 0.507 e. The maximum atomic E-state index is 11.1. The molecule has 0 saturated heterocycles. The summed E-state index contributed by atoms with van der Waals surface area (Å²) >= 11 is 0. The van der Waals surface area contributed by atoms with Crippen LogP contribution in [0, 0.1) is 0 Å². The van der Waals surface area contributed by atoms with E-state index >= 15 is 0 Å². The summed E-state index contributed by atoms with van der Waals surface area (Å²) in [5.41, 5.74) is 2.74. The molecule has 0 bridgehead atoms. The molecule has 0 atom stereocenters. The molecule has 2 aromatic rings. The van der Waals surface area contributed by atoms with Crippen molar-refractivity contribution in [2.45, 2.75) is 12.8 Å². The molecule has 3 heteroatoms. The first-order valence-electron chi connectivity index (χ1n) is 6.15. The molecule has 19 heavy (non-hydrogen) atoms. The lowest BCUT2D eigenvalue weighted by molar-refractivity contribution is -0.140. The Labute approximate surface area is 112 Å². The summed E-state index contributed by atoms with van der Waals surface area (Å²) in [7, 11) is 1.38. The number of carbonyl (C=O) groups excluding carboxylic acids is 1. The van der Waals surface area contributed by atoms with Gasteiger partial charge in [0.05, 0.1) is 7.11 Å². The van der Waals surface area contributed by atoms with Crippen molar-refractivity contribution in [3.8, 4) is 16.9 Å². The molecule has 0 heterocycles. The molecular formula is C16H16O3. The third kappa shape index (κ3) is 3.35. The smallest absolute Gasteiger partial charge is 0.305 e. The van der Waals surface area contributed by atoms with E-state index in [9.17, 15) is 9.90 Å². The van der Waals surface area contributed by atoms with Crippen LogP contribution in [0.3, 0.4) is 0 Å². The van der Waals surface area contributed by atoms with E-state index in [0.717, 1.165) is 16.7 Å². The highest BCUT2D eigenvalue weighted by molar-refractivity contribution is 5.72. The summed E-state index contributed by atoms with van der Waals surface area (Å²) in [6.07, 6.45) is 0.947. The zero-order valence-electron chi connectivity index (χ0n) is 10.8. The molecule has 0 aliphatic carbocycles. The van der Waals surface area contributed by atoms with Crippen LogP contribution in [0.4, 0.5) is 0 Å². The SMILES string of the molecule is COC(=O)CCc1ccc(O)c(-c2ccccc2)c1. The number of phenols is 1. The zero-order valence-corrected chi connectivity index (χ0v) is 10.8. The number of benzene rings is 2. The molecule has 1 N–H and O–H groups in total. The van der Waals surface area contributed by atoms with E-state index in [-0.39, 0.29) is 11.7 Å². The second-order valence-electron chi connectivity index (χ2n) is 4.29. The Hall–Kier alpha value is -2.29. The molecule has 0 radical (unpaired) electrons. The quantitative estimate of drug-likeness (QED) is 0.855. The predicted molar refractivity (Wildman–Crippen MR) is 73.9 cm³/mol. The van der Waals surface area contributed by atoms with Gasteiger partial charge in [-0.25, -0.2) is 0 Å². The highest BCUT2D eigenvalue weighted by atomic mass is 16.5. The average Bonchev–Trinajstić information content (AvgIpc) is 2.47. The van der Waals surface area contributed by atoms with Gasteiger partial charge < -0.3 is 9.84 Å². The van der Waals surface area contributed by atoms with E-state index in [1.165, 1.54) is 7.11 Å². The average molecular weight is 256 g/mol. The molecule has 98 valence electrons. The molecule has 0 unspecified atom stereocenters. The number of phenolic OH excluding ortho intramolecular Hbond substituents is 1. The molecule has 2 aromatic carbocycles. The number of aromatic hydroxyl groups is 1. The lowest BCUT2D eigenvalue weighted by Gasteiger charge is -2.08. The van der Waals surface area contributed by atoms with E-state index in [2.05, 4.69) is 4.74 Å². The Morgan fingerprint density at radius 2 is 1.89 bits per heavy atom. The van der Waals surface area contributed by atoms with Crippen LogP contribution in [0.1, 0.15) is 12.0 Å². The number of hydrogen-bond acceptors (Lipinski definition) is 3. The third-order valence-corrected chi connectivity index (χ3v) is 2.99. The van der Waals surface area contributed by atoms with E-state index < -0.39 is 0 Å². The maximum absolute atomic E-state index is 11.1. The monoisotopic (exact) mass is 256 g/mol. The summed E-state index contributed by atoms with van der Waals surface area (Å²) in [6, 6.07) is 15.1. The van der Waals surface area contributed by atoms with Gasteiger partial charge in [0.15, 0.2) is 0 Å². The normalized spacial score (nSPS) is 10.2. The van der Waals surface area contributed by atoms with Crippen molar-refractivity contribution in [1.29, 1.82) is 0 Å². The van der Waals surface area contributed by atoms with Gasteiger partial charge in [0.25, 0.3) is 0 Å². The molecule has 2 rings (SSSR count). The van der Waals surface area contributed by atoms with Crippen molar-refractivity contribution < 1.29 is 14.6 Å². The Bertz CT molecular complexity index is 561. The zero-order chi connectivity index (χ0) is 13.7. The number of hydrogen-bond donors (Lipinski definition) is 1. The number of methoxy groups -OCH3 is 1. The minimum Gasteiger partial charge on any atom is -0.507 e. The van der Waals surface area contributed by atoms with Crippen molar-refractivity contribution in [1.82, 2.24) is 0 Å². The van der Waals surface area contributed by atoms with Gasteiger partial charge >= 0.3 is 5.97 Å². The standard InChI is InChI=1S/C16H16O3/c1-19-16(18)10-8-12-7-9-15(17)14(11-12)13-5-3-2-4-6-13/h2-7,9,11,17H,8,10H2,1H3. The molecule has 0 spiro atoms. The second kappa shape index (κ2) is 6.05. The van der Waals surface area contributed by atoms with Gasteiger partial charge in [-0.05, 0) is 29.7 Å². The number of ether oxygens (including phenoxy) is 1. The predicted octanol–water partition coefficient (Wildman–Crippen LogP) is 3.16. The highest BCUT2D eigenvalue weighted by Crippen LogP contribution is 2.30. The Morgan fingerprint density at radius 3 is 2.58 bits per heavy atom. The van der Waals surface area contributed by atoms with Gasteiger partial charge in [-0.3, -0.25) is 4.79 Å². The van der Waals surface area contributed by atoms with Crippen LogP contribution in [0.2, 0.25) is 0 Å². The van der Waals surface area contributed by atoms with Crippen LogP contribution >= 0.6 is 0 Å². The fraction of sp³-hybridized carbons (Fsp3) is 0.188. The van der Waals surface area contributed by atoms with E-state index in [1.54, 1.807) is 6.07 Å². The third-order valence-electron chi connectivity index (χ3n) is 2.99. The summed E-state index contributed by atoms with van der Waals surface area (Å²) in [6.45, 7) is 0. The summed E-state index contributed by atoms with van der Waals surface area (Å²) in [5.74, 6) is 0.0161. The van der Waals surface area contributed by atoms with Gasteiger partial charge in [-0.1, -0.05) is 36.4 Å². The topological polar surface area (TPSA) is 46.5 Å². The first kappa shape index (κ1) is 13.1. The molecule has 0 aliphatic rings. The molecule has 0 aliphatic heterocycles. The van der Waals surface area contributed by atoms with Crippen molar-refractivity contribution in [2.24, 2.45) is 0 Å². The molecule has 0 aromatic heterocycles. The number of carbonyl (C=O) groups is 1. The van der Waals surface area contributed by atoms with Gasteiger partial charge in [0.2, 0.25) is 0 Å². The molecule has 0 saturated carbocycles. The lowest BCUT2D eigenvalue weighted by Crippen LogP contribution is -2.01. The summed E-state index contributed by atoms with van der Waals surface area (Å²) in [4.78, 5) is 11.1. The number of aryl methyl sites for hydroxylation is 1. The van der Waals surface area contributed by atoms with E-state index in [4.69, 9.17) is 0 Å². The van der Waals surface area contributed by atoms with Gasteiger partial charge in [0.1, 0.15) is 5.75 Å². The van der Waals surface area contributed by atoms with Crippen molar-refractivity contribution in [3.63, 3.8) is 0 Å². The van der Waals surface area contributed by atoms with Gasteiger partial charge in [-0.2, -0.15) is 0 Å². The molecule has 0 fully saturated rings. The highest BCUT2D eigenvalue weighted by Gasteiger charge is 2.07. The molecule has 3 nitrogen and oxygen atoms in total. The van der Waals surface area contributed by atoms with Crippen LogP contribution in [0.5, 0.6) is 5.75 Å². The van der Waals surface area contributed by atoms with E-state index in [0.29, 0.717) is 12.8 Å². The van der Waals surface area contributed by atoms with Crippen LogP contribution in [0.15, 0.2) is 48.5 Å². The Kier molecular flexibility index (Phi) is 4.18. The van der Waals surface area contributed by atoms with Crippen molar-refractivity contribution in [3.05, 3.63) is 54.1 Å². The van der Waals surface area contributed by atoms with Crippen LogP contribution in [-0.2, 0) is 16.0 Å².